The lowest BCUT2D eigenvalue weighted by atomic mass is 9.74. The molecule has 0 aliphatic heterocycles. The molecular formula is C46H31N. The first-order valence-electron chi connectivity index (χ1n) is 16.5. The normalized spacial score (nSPS) is 14.0. The molecular weight excluding hydrogens is 567 g/mol. The van der Waals surface area contributed by atoms with Gasteiger partial charge in [0.05, 0.1) is 5.69 Å². The third kappa shape index (κ3) is 4.13. The highest BCUT2D eigenvalue weighted by molar-refractivity contribution is 5.92. The van der Waals surface area contributed by atoms with Crippen LogP contribution in [0.4, 0.5) is 0 Å². The monoisotopic (exact) mass is 597 g/mol. The third-order valence-electron chi connectivity index (χ3n) is 10.7. The first-order valence-corrected chi connectivity index (χ1v) is 16.5. The van der Waals surface area contributed by atoms with E-state index in [4.69, 9.17) is 0 Å². The van der Waals surface area contributed by atoms with E-state index in [0.29, 0.717) is 0 Å². The number of hydrogen-bond donors (Lipinski definition) is 0. The highest BCUT2D eigenvalue weighted by atomic mass is 14.7. The lowest BCUT2D eigenvalue weighted by Crippen LogP contribution is -2.26. The topological polar surface area (TPSA) is 12.9 Å². The van der Waals surface area contributed by atoms with Crippen LogP contribution in [-0.2, 0) is 18.3 Å². The number of nitrogens with zero attached hydrogens (tertiary/aromatic N) is 1. The fourth-order valence-electron chi connectivity index (χ4n) is 8.34. The van der Waals surface area contributed by atoms with Gasteiger partial charge >= 0.3 is 0 Å². The zero-order valence-electron chi connectivity index (χ0n) is 25.9. The van der Waals surface area contributed by atoms with Crippen molar-refractivity contribution in [3.63, 3.8) is 0 Å². The molecule has 1 nitrogen and oxygen atoms in total. The molecule has 0 amide bonds. The van der Waals surface area contributed by atoms with Gasteiger partial charge in [0.1, 0.15) is 0 Å². The molecule has 1 spiro atoms. The highest BCUT2D eigenvalue weighted by Gasteiger charge is 2.47. The van der Waals surface area contributed by atoms with Gasteiger partial charge in [0.25, 0.3) is 0 Å². The van der Waals surface area contributed by atoms with Crippen molar-refractivity contribution in [2.45, 2.75) is 18.3 Å². The minimum Gasteiger partial charge on any atom is -0.256 e. The lowest BCUT2D eigenvalue weighted by molar-refractivity contribution is 0.564. The predicted molar refractivity (Wildman–Crippen MR) is 196 cm³/mol. The Balaban J connectivity index is 1.15. The molecule has 0 radical (unpaired) electrons. The third-order valence-corrected chi connectivity index (χ3v) is 10.7. The Labute approximate surface area is 274 Å². The van der Waals surface area contributed by atoms with Gasteiger partial charge in [-0.2, -0.15) is 0 Å². The van der Waals surface area contributed by atoms with E-state index in [0.717, 1.165) is 18.5 Å². The number of benzene rings is 7. The van der Waals surface area contributed by atoms with Gasteiger partial charge in [-0.1, -0.05) is 115 Å². The molecule has 0 N–H and O–H groups in total. The van der Waals surface area contributed by atoms with Crippen LogP contribution < -0.4 is 0 Å². The molecule has 10 rings (SSSR count). The number of rotatable bonds is 3. The van der Waals surface area contributed by atoms with Gasteiger partial charge in [-0.3, -0.25) is 4.98 Å². The summed E-state index contributed by atoms with van der Waals surface area (Å²) < 4.78 is 0. The smallest absolute Gasteiger partial charge is 0.0702 e. The summed E-state index contributed by atoms with van der Waals surface area (Å²) in [7, 11) is 0. The predicted octanol–water partition coefficient (Wildman–Crippen LogP) is 11.5. The quantitative estimate of drug-likeness (QED) is 0.197. The van der Waals surface area contributed by atoms with Crippen molar-refractivity contribution < 1.29 is 0 Å². The molecule has 0 saturated heterocycles. The number of aromatic nitrogens is 1. The van der Waals surface area contributed by atoms with Crippen molar-refractivity contribution in [2.24, 2.45) is 0 Å². The van der Waals surface area contributed by atoms with E-state index in [-0.39, 0.29) is 5.41 Å². The minimum absolute atomic E-state index is 0.130. The van der Waals surface area contributed by atoms with Crippen molar-refractivity contribution in [3.8, 4) is 44.6 Å². The van der Waals surface area contributed by atoms with Crippen molar-refractivity contribution in [1.29, 1.82) is 0 Å². The summed E-state index contributed by atoms with van der Waals surface area (Å²) >= 11 is 0. The Bertz CT molecular complexity index is 2390. The maximum atomic E-state index is 4.67. The zero-order chi connectivity index (χ0) is 31.0. The van der Waals surface area contributed by atoms with Crippen LogP contribution in [0.2, 0.25) is 0 Å². The SMILES string of the molecule is c1ccc(-c2ccc3c(c2)CC2(C3)c3cc(-c4ccc5ccccc5c4)ccc3-c3ccc(-c4ccc5ccccc5c4)cc32)nc1. The van der Waals surface area contributed by atoms with Crippen molar-refractivity contribution >= 4 is 21.5 Å². The molecule has 1 aromatic heterocycles. The molecule has 0 unspecified atom stereocenters. The van der Waals surface area contributed by atoms with Crippen LogP contribution >= 0.6 is 0 Å². The van der Waals surface area contributed by atoms with Gasteiger partial charge in [-0.25, -0.2) is 0 Å². The molecule has 7 aromatic carbocycles. The second kappa shape index (κ2) is 10.1. The van der Waals surface area contributed by atoms with Crippen LogP contribution in [-0.4, -0.2) is 4.98 Å². The van der Waals surface area contributed by atoms with Crippen LogP contribution in [0.5, 0.6) is 0 Å². The highest BCUT2D eigenvalue weighted by Crippen LogP contribution is 2.57. The maximum Gasteiger partial charge on any atom is 0.0702 e. The maximum absolute atomic E-state index is 4.67. The average molecular weight is 598 g/mol. The molecule has 0 fully saturated rings. The molecule has 0 atom stereocenters. The molecule has 47 heavy (non-hydrogen) atoms. The first kappa shape index (κ1) is 26.4. The Morgan fingerprint density at radius 3 is 1.49 bits per heavy atom. The van der Waals surface area contributed by atoms with Crippen LogP contribution in [0.3, 0.4) is 0 Å². The van der Waals surface area contributed by atoms with E-state index in [9.17, 15) is 0 Å². The second-order valence-corrected chi connectivity index (χ2v) is 13.3. The Morgan fingerprint density at radius 1 is 0.383 bits per heavy atom. The van der Waals surface area contributed by atoms with Crippen LogP contribution in [0.15, 0.2) is 164 Å². The second-order valence-electron chi connectivity index (χ2n) is 13.3. The molecule has 0 bridgehead atoms. The van der Waals surface area contributed by atoms with E-state index < -0.39 is 0 Å². The fraction of sp³-hybridized carbons (Fsp3) is 0.0652. The Morgan fingerprint density at radius 2 is 0.894 bits per heavy atom. The summed E-state index contributed by atoms with van der Waals surface area (Å²) in [5, 5.41) is 5.10. The van der Waals surface area contributed by atoms with Crippen LogP contribution in [0.25, 0.3) is 66.2 Å². The fourth-order valence-corrected chi connectivity index (χ4v) is 8.34. The summed E-state index contributed by atoms with van der Waals surface area (Å²) in [6.45, 7) is 0. The average Bonchev–Trinajstić information content (AvgIpc) is 3.66. The van der Waals surface area contributed by atoms with Crippen LogP contribution in [0.1, 0.15) is 22.3 Å². The number of pyridine rings is 1. The first-order chi connectivity index (χ1) is 23.2. The molecule has 2 aliphatic rings. The van der Waals surface area contributed by atoms with Crippen molar-refractivity contribution in [3.05, 3.63) is 186 Å². The van der Waals surface area contributed by atoms with Crippen molar-refractivity contribution in [2.75, 3.05) is 0 Å². The molecule has 220 valence electrons. The Hall–Kier alpha value is -5.79. The van der Waals surface area contributed by atoms with Crippen molar-refractivity contribution in [1.82, 2.24) is 4.98 Å². The van der Waals surface area contributed by atoms with Gasteiger partial charge in [0.2, 0.25) is 0 Å². The molecule has 1 heterocycles. The summed E-state index contributed by atoms with van der Waals surface area (Å²) in [5.74, 6) is 0. The van der Waals surface area contributed by atoms with Gasteiger partial charge < -0.3 is 0 Å². The standard InChI is InChI=1S/C46H31N/c1-3-9-32-23-34(14-12-30(32)7-1)36-18-20-41-42-21-19-37(35-15-13-31-8-2-4-10-33(31)24-35)27-44(42)46(43(41)26-36)28-39-17-16-38(25-40(39)29-46)45-11-5-6-22-47-45/h1-27H,28-29H2. The molecule has 1 heteroatoms. The van der Waals surface area contributed by atoms with E-state index >= 15 is 0 Å². The summed E-state index contributed by atoms with van der Waals surface area (Å²) in [4.78, 5) is 4.67. The van der Waals surface area contributed by atoms with E-state index in [1.54, 1.807) is 0 Å². The summed E-state index contributed by atoms with van der Waals surface area (Å²) in [6, 6.07) is 58.6. The van der Waals surface area contributed by atoms with E-state index in [2.05, 4.69) is 157 Å². The van der Waals surface area contributed by atoms with E-state index in [1.165, 1.54) is 82.7 Å². The van der Waals surface area contributed by atoms with Gasteiger partial charge in [-0.15, -0.1) is 0 Å². The van der Waals surface area contributed by atoms with E-state index in [1.807, 2.05) is 12.3 Å². The van der Waals surface area contributed by atoms with Gasteiger partial charge in [-0.05, 0) is 132 Å². The number of hydrogen-bond acceptors (Lipinski definition) is 1. The largest absolute Gasteiger partial charge is 0.256 e. The molecule has 8 aromatic rings. The number of fused-ring (bicyclic) bond motifs is 8. The summed E-state index contributed by atoms with van der Waals surface area (Å²) in [6.07, 6.45) is 3.86. The van der Waals surface area contributed by atoms with Gasteiger partial charge in [0, 0.05) is 17.2 Å². The minimum atomic E-state index is -0.130. The van der Waals surface area contributed by atoms with Gasteiger partial charge in [0.15, 0.2) is 0 Å². The zero-order valence-corrected chi connectivity index (χ0v) is 25.9. The van der Waals surface area contributed by atoms with Crippen LogP contribution in [0, 0.1) is 0 Å². The molecule has 0 saturated carbocycles. The lowest BCUT2D eigenvalue weighted by Gasteiger charge is -2.27. The summed E-state index contributed by atoms with van der Waals surface area (Å²) in [5.41, 5.74) is 15.7. The Kier molecular flexibility index (Phi) is 5.68. The molecule has 2 aliphatic carbocycles.